The summed E-state index contributed by atoms with van der Waals surface area (Å²) < 4.78 is 1.90. The van der Waals surface area contributed by atoms with Crippen LogP contribution in [0.3, 0.4) is 0 Å². The molecule has 0 fully saturated rings. The van der Waals surface area contributed by atoms with Crippen molar-refractivity contribution in [1.82, 2.24) is 14.7 Å². The van der Waals surface area contributed by atoms with Crippen LogP contribution < -0.4 is 0 Å². The molecule has 23 heavy (non-hydrogen) atoms. The lowest BCUT2D eigenvalue weighted by Crippen LogP contribution is -2.43. The maximum Gasteiger partial charge on any atom is 0.229 e. The fourth-order valence-corrected chi connectivity index (χ4v) is 3.10. The molecule has 118 valence electrons. The van der Waals surface area contributed by atoms with Gasteiger partial charge in [0.15, 0.2) is 5.82 Å². The van der Waals surface area contributed by atoms with Crippen LogP contribution in [0.15, 0.2) is 40.3 Å². The number of aryl methyl sites for hydroxylation is 1. The summed E-state index contributed by atoms with van der Waals surface area (Å²) in [5.41, 5.74) is 3.32. The fraction of sp³-hybridized carbons (Fsp3) is 0.389. The zero-order chi connectivity index (χ0) is 15.8. The minimum absolute atomic E-state index is 0.863. The first-order valence-electron chi connectivity index (χ1n) is 8.33. The molecule has 1 aromatic carbocycles. The summed E-state index contributed by atoms with van der Waals surface area (Å²) in [6.45, 7) is 6.08. The van der Waals surface area contributed by atoms with Gasteiger partial charge in [0.05, 0.1) is 5.69 Å². The summed E-state index contributed by atoms with van der Waals surface area (Å²) in [7, 11) is 0. The third-order valence-corrected chi connectivity index (χ3v) is 4.38. The van der Waals surface area contributed by atoms with Gasteiger partial charge >= 0.3 is 0 Å². The molecule has 0 radical (unpaired) electrons. The normalized spacial score (nSPS) is 17.0. The van der Waals surface area contributed by atoms with Gasteiger partial charge in [-0.1, -0.05) is 36.8 Å². The molecule has 0 unspecified atom stereocenters. The average molecular weight is 307 g/mol. The number of hydrogen-bond acceptors (Lipinski definition) is 4. The van der Waals surface area contributed by atoms with E-state index in [1.165, 1.54) is 5.56 Å². The Morgan fingerprint density at radius 1 is 1.13 bits per heavy atom. The Labute approximate surface area is 136 Å². The average Bonchev–Trinajstić information content (AvgIpc) is 2.83. The highest BCUT2D eigenvalue weighted by atomic mass is 15.5. The Hall–Kier alpha value is -2.43. The highest BCUT2D eigenvalue weighted by molar-refractivity contribution is 6.05. The van der Waals surface area contributed by atoms with Gasteiger partial charge in [-0.25, -0.2) is 4.99 Å². The molecule has 0 spiro atoms. The second-order valence-corrected chi connectivity index (χ2v) is 6.09. The number of benzene rings is 1. The summed E-state index contributed by atoms with van der Waals surface area (Å²) in [6, 6.07) is 10.5. The molecule has 2 aliphatic heterocycles. The topological polar surface area (TPSA) is 45.8 Å². The minimum atomic E-state index is 0.863. The number of fused-ring (bicyclic) bond motifs is 3. The lowest BCUT2D eigenvalue weighted by atomic mass is 10.1. The van der Waals surface area contributed by atoms with Crippen molar-refractivity contribution in [1.29, 1.82) is 0 Å². The molecule has 2 aliphatic rings. The van der Waals surface area contributed by atoms with Gasteiger partial charge in [-0.2, -0.15) is 9.78 Å². The Bertz CT molecular complexity index is 782. The molecular formula is C18H21N5. The van der Waals surface area contributed by atoms with Crippen LogP contribution in [0.5, 0.6) is 0 Å². The Kier molecular flexibility index (Phi) is 3.48. The molecule has 0 saturated heterocycles. The van der Waals surface area contributed by atoms with E-state index < -0.39 is 0 Å². The highest BCUT2D eigenvalue weighted by Crippen LogP contribution is 2.28. The van der Waals surface area contributed by atoms with Crippen LogP contribution >= 0.6 is 0 Å². The van der Waals surface area contributed by atoms with E-state index in [1.54, 1.807) is 0 Å². The summed E-state index contributed by atoms with van der Waals surface area (Å²) in [6.07, 6.45) is 3.18. The van der Waals surface area contributed by atoms with Crippen molar-refractivity contribution in [2.45, 2.75) is 33.1 Å². The third-order valence-electron chi connectivity index (χ3n) is 4.38. The summed E-state index contributed by atoms with van der Waals surface area (Å²) in [4.78, 5) is 11.8. The fourth-order valence-electron chi connectivity index (χ4n) is 3.10. The van der Waals surface area contributed by atoms with Gasteiger partial charge in [-0.15, -0.1) is 0 Å². The number of hydrogen-bond donors (Lipinski definition) is 0. The number of aliphatic imine (C=N–C) groups is 2. The molecule has 4 rings (SSSR count). The van der Waals surface area contributed by atoms with Crippen molar-refractivity contribution in [3.05, 3.63) is 35.9 Å². The lowest BCUT2D eigenvalue weighted by Gasteiger charge is -2.29. The van der Waals surface area contributed by atoms with E-state index in [9.17, 15) is 0 Å². The largest absolute Gasteiger partial charge is 0.299 e. The zero-order valence-electron chi connectivity index (χ0n) is 13.7. The Morgan fingerprint density at radius 3 is 2.74 bits per heavy atom. The number of aromatic nitrogens is 2. The van der Waals surface area contributed by atoms with Crippen LogP contribution in [0.25, 0.3) is 11.3 Å². The predicted octanol–water partition coefficient (Wildman–Crippen LogP) is 3.61. The van der Waals surface area contributed by atoms with Gasteiger partial charge < -0.3 is 0 Å². The van der Waals surface area contributed by atoms with Gasteiger partial charge in [-0.05, 0) is 19.8 Å². The maximum atomic E-state index is 4.82. The van der Waals surface area contributed by atoms with Crippen molar-refractivity contribution in [2.75, 3.05) is 13.1 Å². The predicted molar refractivity (Wildman–Crippen MR) is 93.4 cm³/mol. The molecular weight excluding hydrogens is 286 g/mol. The maximum absolute atomic E-state index is 4.82. The molecule has 5 heteroatoms. The van der Waals surface area contributed by atoms with E-state index in [0.717, 1.165) is 61.2 Å². The third kappa shape index (κ3) is 2.46. The molecule has 5 nitrogen and oxygen atoms in total. The molecule has 0 aliphatic carbocycles. The first-order chi connectivity index (χ1) is 11.3. The van der Waals surface area contributed by atoms with Gasteiger partial charge in [0.25, 0.3) is 0 Å². The van der Waals surface area contributed by atoms with Crippen LogP contribution in [-0.2, 0) is 0 Å². The first-order valence-corrected chi connectivity index (χ1v) is 8.33. The molecule has 0 atom stereocenters. The van der Waals surface area contributed by atoms with Gasteiger partial charge in [0.2, 0.25) is 5.96 Å². The van der Waals surface area contributed by atoms with Crippen molar-refractivity contribution in [3.63, 3.8) is 0 Å². The standard InChI is InChI=1S/C18H21N5/c1-3-16-20-17-12-15(14-8-6-13(2)7-9-14)21-23(17)18-19-10-4-5-11-22(16)18/h6-9,12H,3-5,10-11H2,1-2H3. The molecule has 0 amide bonds. The van der Waals surface area contributed by atoms with Crippen LogP contribution in [0.1, 0.15) is 31.7 Å². The van der Waals surface area contributed by atoms with E-state index in [-0.39, 0.29) is 0 Å². The number of amidine groups is 1. The van der Waals surface area contributed by atoms with Crippen molar-refractivity contribution in [2.24, 2.45) is 9.98 Å². The van der Waals surface area contributed by atoms with E-state index >= 15 is 0 Å². The molecule has 0 N–H and O–H groups in total. The molecule has 2 aromatic rings. The van der Waals surface area contributed by atoms with Crippen LogP contribution in [0.4, 0.5) is 5.82 Å². The van der Waals surface area contributed by atoms with E-state index in [1.807, 2.05) is 4.68 Å². The lowest BCUT2D eigenvalue weighted by molar-refractivity contribution is 0.543. The van der Waals surface area contributed by atoms with Crippen LogP contribution in [0.2, 0.25) is 0 Å². The first kappa shape index (κ1) is 14.2. The Balaban J connectivity index is 1.82. The van der Waals surface area contributed by atoms with E-state index in [0.29, 0.717) is 0 Å². The van der Waals surface area contributed by atoms with Gasteiger partial charge in [-0.3, -0.25) is 9.89 Å². The Morgan fingerprint density at radius 2 is 1.96 bits per heavy atom. The second-order valence-electron chi connectivity index (χ2n) is 6.09. The SMILES string of the molecule is CCC1=Nc2cc(-c3ccc(C)cc3)nn2C2=NCCCCN12. The summed E-state index contributed by atoms with van der Waals surface area (Å²) in [5.74, 6) is 2.91. The molecule has 1 aromatic heterocycles. The molecule has 0 saturated carbocycles. The second kappa shape index (κ2) is 5.65. The van der Waals surface area contributed by atoms with Crippen molar-refractivity contribution < 1.29 is 0 Å². The quantitative estimate of drug-likeness (QED) is 0.851. The van der Waals surface area contributed by atoms with Gasteiger partial charge in [0.1, 0.15) is 5.84 Å². The minimum Gasteiger partial charge on any atom is -0.299 e. The van der Waals surface area contributed by atoms with Crippen LogP contribution in [0, 0.1) is 6.92 Å². The van der Waals surface area contributed by atoms with Gasteiger partial charge in [0, 0.05) is 31.1 Å². The summed E-state index contributed by atoms with van der Waals surface area (Å²) in [5, 5.41) is 4.78. The van der Waals surface area contributed by atoms with E-state index in [2.05, 4.69) is 49.1 Å². The number of nitrogens with zero attached hydrogens (tertiary/aromatic N) is 5. The van der Waals surface area contributed by atoms with Crippen molar-refractivity contribution >= 4 is 17.6 Å². The molecule has 0 bridgehead atoms. The number of rotatable bonds is 2. The zero-order valence-corrected chi connectivity index (χ0v) is 13.7. The van der Waals surface area contributed by atoms with E-state index in [4.69, 9.17) is 15.1 Å². The monoisotopic (exact) mass is 307 g/mol. The molecule has 3 heterocycles. The summed E-state index contributed by atoms with van der Waals surface area (Å²) >= 11 is 0. The van der Waals surface area contributed by atoms with Crippen LogP contribution in [-0.4, -0.2) is 39.6 Å². The van der Waals surface area contributed by atoms with Crippen molar-refractivity contribution in [3.8, 4) is 11.3 Å². The highest BCUT2D eigenvalue weighted by Gasteiger charge is 2.27. The smallest absolute Gasteiger partial charge is 0.229 e.